The van der Waals surface area contributed by atoms with Crippen LogP contribution in [0, 0.1) is 0 Å². The molecule has 0 spiro atoms. The molecule has 1 saturated heterocycles. The molecule has 3 N–H and O–H groups in total. The number of aliphatic imine (C=N–C) groups is 1. The van der Waals surface area contributed by atoms with E-state index in [-0.39, 0.29) is 42.7 Å². The van der Waals surface area contributed by atoms with Crippen LogP contribution in [0.15, 0.2) is 29.3 Å². The molecule has 0 bridgehead atoms. The molecule has 1 aromatic carbocycles. The van der Waals surface area contributed by atoms with Gasteiger partial charge in [-0.05, 0) is 45.4 Å². The van der Waals surface area contributed by atoms with Gasteiger partial charge in [0, 0.05) is 19.6 Å². The number of aliphatic hydroxyl groups excluding tert-OH is 1. The summed E-state index contributed by atoms with van der Waals surface area (Å²) in [6.07, 6.45) is -1.04. The number of methoxy groups -OCH3 is 1. The highest BCUT2D eigenvalue weighted by molar-refractivity contribution is 14.0. The van der Waals surface area contributed by atoms with Gasteiger partial charge in [0.1, 0.15) is 11.4 Å². The number of aliphatic hydroxyl groups is 1. The van der Waals surface area contributed by atoms with E-state index in [4.69, 9.17) is 9.47 Å². The van der Waals surface area contributed by atoms with E-state index in [0.717, 1.165) is 5.56 Å². The van der Waals surface area contributed by atoms with Crippen LogP contribution in [-0.2, 0) is 4.74 Å². The SMILES string of the molecule is CCNC(=NCC(O)c1cccc(OC)c1)NC1CN(C(=O)OC(C)(C)C)C1.I. The van der Waals surface area contributed by atoms with Crippen LogP contribution < -0.4 is 15.4 Å². The number of guanidine groups is 1. The number of halogens is 1. The molecule has 1 aliphatic rings. The van der Waals surface area contributed by atoms with Crippen LogP contribution in [0.25, 0.3) is 0 Å². The van der Waals surface area contributed by atoms with E-state index in [9.17, 15) is 9.90 Å². The summed E-state index contributed by atoms with van der Waals surface area (Å²) in [5, 5.41) is 16.8. The second-order valence-corrected chi connectivity index (χ2v) is 7.74. The van der Waals surface area contributed by atoms with Crippen molar-refractivity contribution >= 4 is 36.0 Å². The van der Waals surface area contributed by atoms with Gasteiger partial charge in [0.15, 0.2) is 5.96 Å². The fourth-order valence-corrected chi connectivity index (χ4v) is 2.69. The van der Waals surface area contributed by atoms with E-state index in [1.807, 2.05) is 45.9 Å². The first-order valence-corrected chi connectivity index (χ1v) is 9.56. The minimum atomic E-state index is -0.731. The Kier molecular flexibility index (Phi) is 9.97. The summed E-state index contributed by atoms with van der Waals surface area (Å²) in [5.41, 5.74) is 0.251. The summed E-state index contributed by atoms with van der Waals surface area (Å²) in [6, 6.07) is 7.40. The lowest BCUT2D eigenvalue weighted by molar-refractivity contribution is 0.00700. The van der Waals surface area contributed by atoms with Gasteiger partial charge in [-0.15, -0.1) is 24.0 Å². The van der Waals surface area contributed by atoms with E-state index in [2.05, 4.69) is 15.6 Å². The summed E-state index contributed by atoms with van der Waals surface area (Å²) in [6.45, 7) is 9.55. The van der Waals surface area contributed by atoms with Gasteiger partial charge in [-0.1, -0.05) is 12.1 Å². The van der Waals surface area contributed by atoms with E-state index in [1.54, 1.807) is 18.1 Å². The van der Waals surface area contributed by atoms with Gasteiger partial charge in [-0.2, -0.15) is 0 Å². The normalized spacial score (nSPS) is 15.7. The summed E-state index contributed by atoms with van der Waals surface area (Å²) in [4.78, 5) is 18.1. The molecule has 0 aromatic heterocycles. The van der Waals surface area contributed by atoms with Crippen LogP contribution in [-0.4, -0.2) is 67.0 Å². The van der Waals surface area contributed by atoms with E-state index in [0.29, 0.717) is 31.3 Å². The molecule has 1 amide bonds. The zero-order valence-corrected chi connectivity index (χ0v) is 20.1. The topological polar surface area (TPSA) is 95.4 Å². The number of nitrogens with one attached hydrogen (secondary N) is 2. The summed E-state index contributed by atoms with van der Waals surface area (Å²) in [5.74, 6) is 1.31. The predicted molar refractivity (Wildman–Crippen MR) is 124 cm³/mol. The zero-order chi connectivity index (χ0) is 20.7. The summed E-state index contributed by atoms with van der Waals surface area (Å²) >= 11 is 0. The van der Waals surface area contributed by atoms with Crippen LogP contribution in [0.1, 0.15) is 39.4 Å². The van der Waals surface area contributed by atoms with E-state index < -0.39 is 11.7 Å². The standard InChI is InChI=1S/C20H32N4O4.HI/c1-6-21-18(22-11-17(25)14-8-7-9-16(10-14)27-5)23-15-12-24(13-15)19(26)28-20(2,3)4;/h7-10,15,17,25H,6,11-13H2,1-5H3,(H2,21,22,23);1H. The minimum Gasteiger partial charge on any atom is -0.497 e. The maximum Gasteiger partial charge on any atom is 0.410 e. The molecule has 2 rings (SSSR count). The fourth-order valence-electron chi connectivity index (χ4n) is 2.69. The van der Waals surface area contributed by atoms with Crippen LogP contribution in [0.3, 0.4) is 0 Å². The molecule has 1 heterocycles. The maximum atomic E-state index is 12.0. The van der Waals surface area contributed by atoms with Crippen molar-refractivity contribution in [3.05, 3.63) is 29.8 Å². The monoisotopic (exact) mass is 520 g/mol. The predicted octanol–water partition coefficient (Wildman–Crippen LogP) is 2.52. The molecular formula is C20H33IN4O4. The van der Waals surface area contributed by atoms with Crippen molar-refractivity contribution in [2.45, 2.75) is 45.4 Å². The fraction of sp³-hybridized carbons (Fsp3) is 0.600. The molecule has 8 nitrogen and oxygen atoms in total. The van der Waals surface area contributed by atoms with E-state index >= 15 is 0 Å². The van der Waals surface area contributed by atoms with Crippen molar-refractivity contribution in [3.63, 3.8) is 0 Å². The number of nitrogens with zero attached hydrogens (tertiary/aromatic N) is 2. The Bertz CT molecular complexity index is 687. The zero-order valence-electron chi connectivity index (χ0n) is 17.8. The number of carbonyl (C=O) groups excluding carboxylic acids is 1. The number of amides is 1. The highest BCUT2D eigenvalue weighted by atomic mass is 127. The molecule has 9 heteroatoms. The van der Waals surface area contributed by atoms with Gasteiger partial charge in [-0.25, -0.2) is 4.79 Å². The van der Waals surface area contributed by atoms with Crippen LogP contribution in [0.5, 0.6) is 5.75 Å². The second kappa shape index (κ2) is 11.4. The van der Waals surface area contributed by atoms with Crippen LogP contribution >= 0.6 is 24.0 Å². The number of rotatable bonds is 6. The summed E-state index contributed by atoms with van der Waals surface area (Å²) < 4.78 is 10.5. The number of likely N-dealkylation sites (tertiary alicyclic amines) is 1. The van der Waals surface area contributed by atoms with Crippen molar-refractivity contribution in [1.82, 2.24) is 15.5 Å². The lowest BCUT2D eigenvalue weighted by atomic mass is 10.1. The Morgan fingerprint density at radius 3 is 2.66 bits per heavy atom. The van der Waals surface area contributed by atoms with Gasteiger partial charge < -0.3 is 30.1 Å². The minimum absolute atomic E-state index is 0. The molecule has 1 fully saturated rings. The van der Waals surface area contributed by atoms with Crippen molar-refractivity contribution in [1.29, 1.82) is 0 Å². The molecular weight excluding hydrogens is 487 g/mol. The molecule has 0 saturated carbocycles. The average Bonchev–Trinajstić information content (AvgIpc) is 2.60. The number of ether oxygens (including phenoxy) is 2. The third kappa shape index (κ3) is 8.25. The van der Waals surface area contributed by atoms with Crippen LogP contribution in [0.4, 0.5) is 4.79 Å². The van der Waals surface area contributed by atoms with Gasteiger partial charge in [0.2, 0.25) is 0 Å². The first kappa shape index (κ1) is 25.3. The summed E-state index contributed by atoms with van der Waals surface area (Å²) in [7, 11) is 1.59. The highest BCUT2D eigenvalue weighted by Crippen LogP contribution is 2.19. The largest absolute Gasteiger partial charge is 0.497 e. The average molecular weight is 520 g/mol. The molecule has 1 aromatic rings. The van der Waals surface area contributed by atoms with E-state index in [1.165, 1.54) is 0 Å². The van der Waals surface area contributed by atoms with Crippen molar-refractivity contribution in [2.24, 2.45) is 4.99 Å². The van der Waals surface area contributed by atoms with Gasteiger partial charge in [-0.3, -0.25) is 4.99 Å². The third-order valence-corrected chi connectivity index (χ3v) is 4.12. The van der Waals surface area contributed by atoms with Crippen molar-refractivity contribution < 1.29 is 19.4 Å². The lowest BCUT2D eigenvalue weighted by Gasteiger charge is -2.40. The van der Waals surface area contributed by atoms with Crippen molar-refractivity contribution in [2.75, 3.05) is 33.3 Å². The number of carbonyl (C=O) groups is 1. The second-order valence-electron chi connectivity index (χ2n) is 7.74. The Morgan fingerprint density at radius 2 is 2.07 bits per heavy atom. The smallest absolute Gasteiger partial charge is 0.410 e. The first-order valence-electron chi connectivity index (χ1n) is 9.56. The molecule has 29 heavy (non-hydrogen) atoms. The molecule has 0 radical (unpaired) electrons. The van der Waals surface area contributed by atoms with Gasteiger partial charge in [0.25, 0.3) is 0 Å². The van der Waals surface area contributed by atoms with Crippen molar-refractivity contribution in [3.8, 4) is 5.75 Å². The van der Waals surface area contributed by atoms with Gasteiger partial charge in [0.05, 0.1) is 25.8 Å². The molecule has 1 unspecified atom stereocenters. The Labute approximate surface area is 190 Å². The third-order valence-electron chi connectivity index (χ3n) is 4.12. The van der Waals surface area contributed by atoms with Crippen LogP contribution in [0.2, 0.25) is 0 Å². The number of hydrogen-bond donors (Lipinski definition) is 3. The quantitative estimate of drug-likeness (QED) is 0.303. The Hall–Kier alpha value is -1.75. The number of hydrogen-bond acceptors (Lipinski definition) is 5. The van der Waals surface area contributed by atoms with Gasteiger partial charge >= 0.3 is 6.09 Å². The first-order chi connectivity index (χ1) is 13.2. The Balaban J connectivity index is 0.00000420. The Morgan fingerprint density at radius 1 is 1.38 bits per heavy atom. The molecule has 1 atom stereocenters. The molecule has 0 aliphatic carbocycles. The lowest BCUT2D eigenvalue weighted by Crippen LogP contribution is -2.63. The molecule has 164 valence electrons. The molecule has 1 aliphatic heterocycles. The highest BCUT2D eigenvalue weighted by Gasteiger charge is 2.34. The number of benzene rings is 1. The maximum absolute atomic E-state index is 12.0.